The van der Waals surface area contributed by atoms with E-state index in [2.05, 4.69) is 47.7 Å². The van der Waals surface area contributed by atoms with Crippen molar-refractivity contribution in [2.24, 2.45) is 0 Å². The van der Waals surface area contributed by atoms with Gasteiger partial charge in [0, 0.05) is 30.2 Å². The van der Waals surface area contributed by atoms with Crippen molar-refractivity contribution in [3.8, 4) is 0 Å². The van der Waals surface area contributed by atoms with E-state index in [1.54, 1.807) is 6.20 Å². The van der Waals surface area contributed by atoms with Crippen molar-refractivity contribution >= 4 is 28.2 Å². The maximum absolute atomic E-state index is 12.4. The lowest BCUT2D eigenvalue weighted by molar-refractivity contribution is -0.115. The van der Waals surface area contributed by atoms with Crippen LogP contribution in [0.15, 0.2) is 54.7 Å². The molecule has 0 bridgehead atoms. The molecule has 0 saturated carbocycles. The normalized spacial score (nSPS) is 10.7. The van der Waals surface area contributed by atoms with Gasteiger partial charge in [0.1, 0.15) is 0 Å². The average molecular weight is 347 g/mol. The molecule has 0 radical (unpaired) electrons. The van der Waals surface area contributed by atoms with E-state index in [9.17, 15) is 4.79 Å². The third-order valence-electron chi connectivity index (χ3n) is 4.56. The third kappa shape index (κ3) is 4.02. The molecular formula is C22H25N3O. The number of carbonyl (C=O) groups is 1. The van der Waals surface area contributed by atoms with E-state index < -0.39 is 0 Å². The number of nitrogens with zero attached hydrogens (tertiary/aromatic N) is 1. The lowest BCUT2D eigenvalue weighted by Gasteiger charge is -2.15. The zero-order valence-corrected chi connectivity index (χ0v) is 15.4. The summed E-state index contributed by atoms with van der Waals surface area (Å²) >= 11 is 0. The number of para-hydroxylation sites is 2. The molecule has 1 aromatic heterocycles. The summed E-state index contributed by atoms with van der Waals surface area (Å²) in [5.41, 5.74) is 5.35. The molecule has 26 heavy (non-hydrogen) atoms. The fourth-order valence-corrected chi connectivity index (χ4v) is 3.19. The van der Waals surface area contributed by atoms with E-state index >= 15 is 0 Å². The number of aryl methyl sites for hydroxylation is 2. The van der Waals surface area contributed by atoms with Crippen molar-refractivity contribution in [2.75, 3.05) is 17.2 Å². The Morgan fingerprint density at radius 3 is 2.38 bits per heavy atom. The quantitative estimate of drug-likeness (QED) is 0.645. The van der Waals surface area contributed by atoms with Crippen LogP contribution in [0.3, 0.4) is 0 Å². The summed E-state index contributed by atoms with van der Waals surface area (Å²) in [4.78, 5) is 16.8. The van der Waals surface area contributed by atoms with Gasteiger partial charge in [-0.1, -0.05) is 50.2 Å². The van der Waals surface area contributed by atoms with Crippen LogP contribution in [0.2, 0.25) is 0 Å². The fraction of sp³-hybridized carbons (Fsp3) is 0.273. The van der Waals surface area contributed by atoms with Crippen LogP contribution >= 0.6 is 0 Å². The van der Waals surface area contributed by atoms with Crippen molar-refractivity contribution in [1.82, 2.24) is 4.98 Å². The van der Waals surface area contributed by atoms with E-state index in [1.165, 1.54) is 16.8 Å². The Morgan fingerprint density at radius 1 is 0.962 bits per heavy atom. The van der Waals surface area contributed by atoms with Gasteiger partial charge in [0.2, 0.25) is 5.91 Å². The zero-order chi connectivity index (χ0) is 18.4. The molecule has 134 valence electrons. The number of amides is 1. The molecule has 0 fully saturated rings. The summed E-state index contributed by atoms with van der Waals surface area (Å²) in [6.45, 7) is 4.91. The molecule has 2 aromatic carbocycles. The predicted molar refractivity (Wildman–Crippen MR) is 109 cm³/mol. The van der Waals surface area contributed by atoms with Gasteiger partial charge in [-0.2, -0.15) is 0 Å². The fourth-order valence-electron chi connectivity index (χ4n) is 3.19. The molecule has 4 heteroatoms. The number of fused-ring (bicyclic) bond motifs is 1. The molecule has 0 spiro atoms. The third-order valence-corrected chi connectivity index (χ3v) is 4.56. The first-order chi connectivity index (χ1) is 12.7. The van der Waals surface area contributed by atoms with Crippen molar-refractivity contribution in [3.05, 3.63) is 65.9 Å². The van der Waals surface area contributed by atoms with Gasteiger partial charge in [-0.3, -0.25) is 9.78 Å². The Labute approximate surface area is 154 Å². The van der Waals surface area contributed by atoms with Gasteiger partial charge in [-0.05, 0) is 36.1 Å². The van der Waals surface area contributed by atoms with Gasteiger partial charge in [0.15, 0.2) is 0 Å². The van der Waals surface area contributed by atoms with Crippen LogP contribution in [0.1, 0.15) is 31.4 Å². The summed E-state index contributed by atoms with van der Waals surface area (Å²) in [6, 6.07) is 16.1. The number of aromatic nitrogens is 1. The van der Waals surface area contributed by atoms with Gasteiger partial charge in [-0.15, -0.1) is 0 Å². The minimum absolute atomic E-state index is 0.0114. The molecule has 0 aliphatic rings. The minimum Gasteiger partial charge on any atom is -0.384 e. The van der Waals surface area contributed by atoms with E-state index in [-0.39, 0.29) is 5.91 Å². The molecule has 2 N–H and O–H groups in total. The maximum Gasteiger partial charge on any atom is 0.226 e. The molecule has 1 amide bonds. The van der Waals surface area contributed by atoms with E-state index in [1.807, 2.05) is 30.3 Å². The smallest absolute Gasteiger partial charge is 0.226 e. The highest BCUT2D eigenvalue weighted by Crippen LogP contribution is 2.23. The Bertz CT molecular complexity index is 877. The first-order valence-corrected chi connectivity index (χ1v) is 9.21. The monoisotopic (exact) mass is 347 g/mol. The van der Waals surface area contributed by atoms with Crippen LogP contribution in [0.4, 0.5) is 11.4 Å². The standard InChI is InChI=1S/C22H25N3O/c1-3-16-8-5-9-17(4-2)21(16)24-15-13-20(26)25-19-12-6-10-18-11-7-14-23-22(18)19/h5-12,14,24H,3-4,13,15H2,1-2H3,(H,25,26). The molecule has 0 atom stereocenters. The van der Waals surface area contributed by atoms with E-state index in [0.29, 0.717) is 13.0 Å². The number of hydrogen-bond donors (Lipinski definition) is 2. The minimum atomic E-state index is -0.0114. The number of hydrogen-bond acceptors (Lipinski definition) is 3. The molecule has 0 unspecified atom stereocenters. The van der Waals surface area contributed by atoms with Gasteiger partial charge < -0.3 is 10.6 Å². The molecule has 0 aliphatic carbocycles. The summed E-state index contributed by atoms with van der Waals surface area (Å²) in [5.74, 6) is -0.0114. The lowest BCUT2D eigenvalue weighted by Crippen LogP contribution is -2.17. The van der Waals surface area contributed by atoms with Crippen molar-refractivity contribution in [1.29, 1.82) is 0 Å². The average Bonchev–Trinajstić information content (AvgIpc) is 2.68. The summed E-state index contributed by atoms with van der Waals surface area (Å²) in [5, 5.41) is 7.47. The molecule has 4 nitrogen and oxygen atoms in total. The molecule has 0 saturated heterocycles. The van der Waals surface area contributed by atoms with Crippen molar-refractivity contribution in [2.45, 2.75) is 33.1 Å². The Balaban J connectivity index is 1.63. The van der Waals surface area contributed by atoms with Crippen molar-refractivity contribution in [3.63, 3.8) is 0 Å². The predicted octanol–water partition coefficient (Wildman–Crippen LogP) is 4.80. The van der Waals surface area contributed by atoms with Crippen LogP contribution in [0, 0.1) is 0 Å². The first kappa shape index (κ1) is 17.9. The summed E-state index contributed by atoms with van der Waals surface area (Å²) in [6.07, 6.45) is 4.10. The number of pyridine rings is 1. The van der Waals surface area contributed by atoms with Crippen LogP contribution in [0.5, 0.6) is 0 Å². The summed E-state index contributed by atoms with van der Waals surface area (Å²) < 4.78 is 0. The van der Waals surface area contributed by atoms with E-state index in [4.69, 9.17) is 0 Å². The van der Waals surface area contributed by atoms with Gasteiger partial charge in [-0.25, -0.2) is 0 Å². The van der Waals surface area contributed by atoms with E-state index in [0.717, 1.165) is 29.4 Å². The number of carbonyl (C=O) groups excluding carboxylic acids is 1. The highest BCUT2D eigenvalue weighted by Gasteiger charge is 2.09. The maximum atomic E-state index is 12.4. The molecule has 3 rings (SSSR count). The molecule has 0 aliphatic heterocycles. The number of anilines is 2. The summed E-state index contributed by atoms with van der Waals surface area (Å²) in [7, 11) is 0. The highest BCUT2D eigenvalue weighted by molar-refractivity contribution is 6.00. The number of benzene rings is 2. The van der Waals surface area contributed by atoms with Crippen molar-refractivity contribution < 1.29 is 4.79 Å². The van der Waals surface area contributed by atoms with Crippen LogP contribution in [-0.4, -0.2) is 17.4 Å². The van der Waals surface area contributed by atoms with Gasteiger partial charge in [0.05, 0.1) is 11.2 Å². The highest BCUT2D eigenvalue weighted by atomic mass is 16.1. The van der Waals surface area contributed by atoms with Crippen LogP contribution in [0.25, 0.3) is 10.9 Å². The Hall–Kier alpha value is -2.88. The second-order valence-corrected chi connectivity index (χ2v) is 6.26. The van der Waals surface area contributed by atoms with Crippen LogP contribution in [-0.2, 0) is 17.6 Å². The topological polar surface area (TPSA) is 54.0 Å². The lowest BCUT2D eigenvalue weighted by atomic mass is 10.0. The second-order valence-electron chi connectivity index (χ2n) is 6.26. The Morgan fingerprint density at radius 2 is 1.65 bits per heavy atom. The number of nitrogens with one attached hydrogen (secondary N) is 2. The Kier molecular flexibility index (Phi) is 5.84. The van der Waals surface area contributed by atoms with Gasteiger partial charge >= 0.3 is 0 Å². The molecular weight excluding hydrogens is 322 g/mol. The second kappa shape index (κ2) is 8.48. The van der Waals surface area contributed by atoms with Gasteiger partial charge in [0.25, 0.3) is 0 Å². The largest absolute Gasteiger partial charge is 0.384 e. The molecule has 1 heterocycles. The zero-order valence-electron chi connectivity index (χ0n) is 15.4. The van der Waals surface area contributed by atoms with Crippen LogP contribution < -0.4 is 10.6 Å². The SMILES string of the molecule is CCc1cccc(CC)c1NCCC(=O)Nc1cccc2cccnc12. The number of rotatable bonds is 7. The molecule has 3 aromatic rings. The first-order valence-electron chi connectivity index (χ1n) is 9.21.